The average Bonchev–Trinajstić information content (AvgIpc) is 2.38. The second-order valence-corrected chi connectivity index (χ2v) is 7.60. The average molecular weight is 279 g/mol. The summed E-state index contributed by atoms with van der Waals surface area (Å²) in [4.78, 5) is 11.5. The molecule has 3 atom stereocenters. The quantitative estimate of drug-likeness (QED) is 0.528. The lowest BCUT2D eigenvalue weighted by atomic mass is 10.0. The summed E-state index contributed by atoms with van der Waals surface area (Å²) >= 11 is 0. The van der Waals surface area contributed by atoms with E-state index in [9.17, 15) is 18.3 Å². The molecule has 1 aliphatic rings. The van der Waals surface area contributed by atoms with Gasteiger partial charge in [-0.3, -0.25) is 8.67 Å². The van der Waals surface area contributed by atoms with Gasteiger partial charge in [-0.2, -0.15) is 8.42 Å². The fourth-order valence-corrected chi connectivity index (χ4v) is 3.55. The molecule has 1 fully saturated rings. The second-order valence-electron chi connectivity index (χ2n) is 6.00. The fourth-order valence-electron chi connectivity index (χ4n) is 2.92. The summed E-state index contributed by atoms with van der Waals surface area (Å²) in [6.07, 6.45) is -0.430. The summed E-state index contributed by atoms with van der Waals surface area (Å²) in [5.74, 6) is 0. The van der Waals surface area contributed by atoms with E-state index < -0.39 is 27.9 Å². The van der Waals surface area contributed by atoms with E-state index in [1.165, 1.54) is 0 Å². The predicted molar refractivity (Wildman–Crippen MR) is 64.1 cm³/mol. The summed E-state index contributed by atoms with van der Waals surface area (Å²) in [6.45, 7) is 7.32. The molecular formula is C11H21NO5S. The van der Waals surface area contributed by atoms with E-state index in [0.717, 1.165) is 6.26 Å². The molecule has 1 amide bonds. The molecule has 18 heavy (non-hydrogen) atoms. The van der Waals surface area contributed by atoms with E-state index in [0.29, 0.717) is 6.42 Å². The molecule has 0 aromatic heterocycles. The number of hydrogen-bond acceptors (Lipinski definition) is 5. The highest BCUT2D eigenvalue weighted by atomic mass is 32.2. The molecule has 1 unspecified atom stereocenters. The van der Waals surface area contributed by atoms with Crippen LogP contribution in [0.25, 0.3) is 0 Å². The van der Waals surface area contributed by atoms with Crippen molar-refractivity contribution in [1.29, 1.82) is 0 Å². The number of carbonyl (C=O) groups excluding carboxylic acids is 1. The van der Waals surface area contributed by atoms with Gasteiger partial charge in [0.25, 0.3) is 16.2 Å². The molecule has 0 radical (unpaired) electrons. The molecule has 0 aliphatic carbocycles. The molecule has 106 valence electrons. The van der Waals surface area contributed by atoms with E-state index in [1.54, 1.807) is 6.92 Å². The third-order valence-electron chi connectivity index (χ3n) is 3.68. The van der Waals surface area contributed by atoms with Crippen LogP contribution in [-0.4, -0.2) is 49.5 Å². The Morgan fingerprint density at radius 1 is 1.39 bits per heavy atom. The van der Waals surface area contributed by atoms with Crippen molar-refractivity contribution < 1.29 is 27.0 Å². The van der Waals surface area contributed by atoms with Gasteiger partial charge >= 0.3 is 0 Å². The van der Waals surface area contributed by atoms with Gasteiger partial charge in [-0.1, -0.05) is 0 Å². The van der Waals surface area contributed by atoms with Crippen molar-refractivity contribution >= 4 is 16.2 Å². The molecule has 0 saturated carbocycles. The van der Waals surface area contributed by atoms with Gasteiger partial charge in [-0.25, -0.2) is 0 Å². The lowest BCUT2D eigenvalue weighted by Crippen LogP contribution is -2.69. The van der Waals surface area contributed by atoms with Crippen molar-refractivity contribution in [3.63, 3.8) is 0 Å². The first-order valence-electron chi connectivity index (χ1n) is 5.88. The minimum atomic E-state index is -3.58. The van der Waals surface area contributed by atoms with Gasteiger partial charge in [0.05, 0.1) is 17.8 Å². The first-order valence-corrected chi connectivity index (χ1v) is 7.69. The molecule has 0 bridgehead atoms. The summed E-state index contributed by atoms with van der Waals surface area (Å²) < 4.78 is 26.9. The van der Waals surface area contributed by atoms with Gasteiger partial charge in [0, 0.05) is 6.42 Å². The molecule has 0 spiro atoms. The Balaban J connectivity index is 3.07. The van der Waals surface area contributed by atoms with Crippen LogP contribution in [0.1, 0.15) is 34.1 Å². The largest absolute Gasteiger partial charge is 0.498 e. The van der Waals surface area contributed by atoms with Crippen LogP contribution in [0.15, 0.2) is 0 Å². The van der Waals surface area contributed by atoms with Crippen molar-refractivity contribution in [2.24, 2.45) is 0 Å². The van der Waals surface area contributed by atoms with Crippen molar-refractivity contribution in [3.05, 3.63) is 0 Å². The van der Waals surface area contributed by atoms with Gasteiger partial charge in [0.15, 0.2) is 0 Å². The standard InChI is InChI=1S/C11H21NO5S/c1-8-6-9(17-18(5,15)16)7-12(8,10(13)14)11(2,3)4/h8-9H,6-7H2,1-5H3/t8-,9-,12?/m0/s1. The zero-order valence-corrected chi connectivity index (χ0v) is 12.3. The van der Waals surface area contributed by atoms with Crippen LogP contribution >= 0.6 is 0 Å². The maximum Gasteiger partial charge on any atom is 0.264 e. The topological polar surface area (TPSA) is 83.5 Å². The van der Waals surface area contributed by atoms with E-state index >= 15 is 0 Å². The number of quaternary nitrogens is 1. The highest BCUT2D eigenvalue weighted by Crippen LogP contribution is 2.37. The van der Waals surface area contributed by atoms with Gasteiger partial charge in [-0.15, -0.1) is 0 Å². The maximum absolute atomic E-state index is 11.5. The van der Waals surface area contributed by atoms with E-state index in [1.807, 2.05) is 20.8 Å². The first-order chi connectivity index (χ1) is 7.90. The van der Waals surface area contributed by atoms with E-state index in [2.05, 4.69) is 0 Å². The minimum absolute atomic E-state index is 0.111. The summed E-state index contributed by atoms with van der Waals surface area (Å²) in [5.41, 5.74) is -0.576. The molecule has 1 heterocycles. The lowest BCUT2D eigenvalue weighted by Gasteiger charge is -2.48. The molecule has 6 nitrogen and oxygen atoms in total. The van der Waals surface area contributed by atoms with Gasteiger partial charge in [0.2, 0.25) is 0 Å². The number of likely N-dealkylation sites (tertiary alicyclic amines) is 1. The van der Waals surface area contributed by atoms with E-state index in [4.69, 9.17) is 4.18 Å². The Kier molecular flexibility index (Phi) is 3.82. The van der Waals surface area contributed by atoms with Crippen molar-refractivity contribution in [3.8, 4) is 0 Å². The smallest absolute Gasteiger partial charge is 0.264 e. The normalized spacial score (nSPS) is 33.6. The molecular weight excluding hydrogens is 258 g/mol. The summed E-state index contributed by atoms with van der Waals surface area (Å²) in [5, 5.41) is 11.5. The van der Waals surface area contributed by atoms with Crippen molar-refractivity contribution in [2.45, 2.75) is 51.8 Å². The Labute approximate surface area is 108 Å². The van der Waals surface area contributed by atoms with Crippen LogP contribution in [0, 0.1) is 0 Å². The van der Waals surface area contributed by atoms with Gasteiger partial charge in [0.1, 0.15) is 12.6 Å². The third-order valence-corrected chi connectivity index (χ3v) is 4.30. The Morgan fingerprint density at radius 3 is 2.17 bits per heavy atom. The second kappa shape index (κ2) is 4.47. The molecule has 1 aliphatic heterocycles. The zero-order chi connectivity index (χ0) is 14.4. The van der Waals surface area contributed by atoms with Crippen LogP contribution in [-0.2, 0) is 14.3 Å². The Hall–Kier alpha value is -0.660. The molecule has 0 N–H and O–H groups in total. The summed E-state index contributed by atoms with van der Waals surface area (Å²) in [7, 11) is -3.58. The van der Waals surface area contributed by atoms with Crippen LogP contribution in [0.2, 0.25) is 0 Å². The molecule has 0 aromatic carbocycles. The Bertz CT molecular complexity index is 439. The highest BCUT2D eigenvalue weighted by Gasteiger charge is 2.54. The lowest BCUT2D eigenvalue weighted by molar-refractivity contribution is -0.929. The molecule has 0 aromatic rings. The zero-order valence-electron chi connectivity index (χ0n) is 11.5. The summed E-state index contributed by atoms with van der Waals surface area (Å²) in [6, 6.07) is -0.248. The van der Waals surface area contributed by atoms with Crippen LogP contribution < -0.4 is 5.11 Å². The highest BCUT2D eigenvalue weighted by molar-refractivity contribution is 7.86. The fraction of sp³-hybridized carbons (Fsp3) is 0.909. The van der Waals surface area contributed by atoms with E-state index in [-0.39, 0.29) is 17.1 Å². The van der Waals surface area contributed by atoms with Crippen LogP contribution in [0.3, 0.4) is 0 Å². The number of carboxylic acid groups (broad SMARTS) is 1. The molecule has 7 heteroatoms. The van der Waals surface area contributed by atoms with Crippen molar-refractivity contribution in [2.75, 3.05) is 12.8 Å². The third kappa shape index (κ3) is 2.67. The number of hydrogen-bond donors (Lipinski definition) is 0. The molecule has 1 rings (SSSR count). The maximum atomic E-state index is 11.5. The minimum Gasteiger partial charge on any atom is -0.498 e. The number of rotatable bonds is 2. The monoisotopic (exact) mass is 279 g/mol. The first kappa shape index (κ1) is 15.4. The SMILES string of the molecule is C[C@H]1C[C@H](OS(C)(=O)=O)C[N+]1(C(=O)[O-])C(C)(C)C. The molecule has 1 saturated heterocycles. The predicted octanol–water partition coefficient (Wildman–Crippen LogP) is 0.0820. The van der Waals surface area contributed by atoms with Crippen molar-refractivity contribution in [1.82, 2.24) is 0 Å². The number of nitrogens with zero attached hydrogens (tertiary/aromatic N) is 1. The van der Waals surface area contributed by atoms with Crippen LogP contribution in [0.5, 0.6) is 0 Å². The Morgan fingerprint density at radius 2 is 1.89 bits per heavy atom. The van der Waals surface area contributed by atoms with Gasteiger partial charge in [-0.05, 0) is 27.7 Å². The number of amides is 1. The van der Waals surface area contributed by atoms with Gasteiger partial charge < -0.3 is 9.90 Å². The van der Waals surface area contributed by atoms with Crippen LogP contribution in [0.4, 0.5) is 4.79 Å². The number of carbonyl (C=O) groups is 1.